The minimum atomic E-state index is -3.31. The molecule has 8 nitrogen and oxygen atoms in total. The maximum absolute atomic E-state index is 11.9. The van der Waals surface area contributed by atoms with Crippen molar-refractivity contribution in [2.75, 3.05) is 23.0 Å². The predicted molar refractivity (Wildman–Crippen MR) is 138 cm³/mol. The molecule has 1 saturated carbocycles. The number of azo groups is 1. The Bertz CT molecular complexity index is 1330. The second-order valence-corrected chi connectivity index (χ2v) is 11.6. The van der Waals surface area contributed by atoms with Crippen molar-refractivity contribution in [3.63, 3.8) is 0 Å². The van der Waals surface area contributed by atoms with Crippen LogP contribution in [-0.4, -0.2) is 38.2 Å². The fraction of sp³-hybridized carbons (Fsp3) is 0.417. The van der Waals surface area contributed by atoms with Crippen molar-refractivity contribution >= 4 is 59.5 Å². The topological polar surface area (TPSA) is 104 Å². The third kappa shape index (κ3) is 5.44. The third-order valence-electron chi connectivity index (χ3n) is 6.00. The molecule has 0 unspecified atom stereocenters. The van der Waals surface area contributed by atoms with Crippen molar-refractivity contribution < 1.29 is 13.2 Å². The summed E-state index contributed by atoms with van der Waals surface area (Å²) in [7, 11) is -3.31. The number of amides is 1. The molecule has 34 heavy (non-hydrogen) atoms. The van der Waals surface area contributed by atoms with E-state index in [0.29, 0.717) is 28.1 Å². The highest BCUT2D eigenvalue weighted by molar-refractivity contribution is 7.90. The molecule has 1 aliphatic rings. The highest BCUT2D eigenvalue weighted by atomic mass is 32.2. The molecule has 1 amide bonds. The van der Waals surface area contributed by atoms with Crippen LogP contribution >= 0.6 is 11.3 Å². The number of thiazole rings is 1. The molecule has 1 aliphatic carbocycles. The lowest BCUT2D eigenvalue weighted by Crippen LogP contribution is -2.36. The van der Waals surface area contributed by atoms with Gasteiger partial charge < -0.3 is 10.2 Å². The molecule has 3 aromatic rings. The fourth-order valence-electron chi connectivity index (χ4n) is 4.44. The Morgan fingerprint density at radius 3 is 2.62 bits per heavy atom. The molecule has 0 saturated heterocycles. The van der Waals surface area contributed by atoms with Crippen molar-refractivity contribution in [1.82, 2.24) is 4.98 Å². The second-order valence-electron chi connectivity index (χ2n) is 8.53. The molecule has 1 N–H and O–H groups in total. The average Bonchev–Trinajstić information content (AvgIpc) is 3.21. The van der Waals surface area contributed by atoms with Crippen LogP contribution in [-0.2, 0) is 14.6 Å². The van der Waals surface area contributed by atoms with Gasteiger partial charge in [-0.2, -0.15) is 0 Å². The largest absolute Gasteiger partial charge is 0.367 e. The van der Waals surface area contributed by atoms with E-state index in [1.54, 1.807) is 18.2 Å². The quantitative estimate of drug-likeness (QED) is 0.388. The van der Waals surface area contributed by atoms with Crippen LogP contribution in [0.1, 0.15) is 46.0 Å². The van der Waals surface area contributed by atoms with Gasteiger partial charge in [0, 0.05) is 25.8 Å². The number of anilines is 2. The molecule has 1 heterocycles. The number of rotatable bonds is 7. The number of nitrogens with one attached hydrogen (secondary N) is 1. The van der Waals surface area contributed by atoms with E-state index in [1.165, 1.54) is 43.8 Å². The van der Waals surface area contributed by atoms with Gasteiger partial charge in [0.15, 0.2) is 9.84 Å². The first kappa shape index (κ1) is 24.3. The van der Waals surface area contributed by atoms with E-state index < -0.39 is 9.84 Å². The highest BCUT2D eigenvalue weighted by Gasteiger charge is 2.24. The normalized spacial score (nSPS) is 15.1. The van der Waals surface area contributed by atoms with Crippen LogP contribution < -0.4 is 10.2 Å². The summed E-state index contributed by atoms with van der Waals surface area (Å²) in [5, 5.41) is 12.3. The van der Waals surface area contributed by atoms with Crippen LogP contribution in [0, 0.1) is 0 Å². The average molecular weight is 500 g/mol. The van der Waals surface area contributed by atoms with Gasteiger partial charge in [0.05, 0.1) is 26.5 Å². The van der Waals surface area contributed by atoms with E-state index in [4.69, 9.17) is 0 Å². The van der Waals surface area contributed by atoms with Gasteiger partial charge in [-0.3, -0.25) is 4.79 Å². The number of carbonyl (C=O) groups excluding carboxylic acids is 1. The summed E-state index contributed by atoms with van der Waals surface area (Å²) in [6, 6.07) is 11.0. The van der Waals surface area contributed by atoms with Crippen molar-refractivity contribution in [1.29, 1.82) is 0 Å². The molecule has 180 valence electrons. The first-order valence-corrected chi connectivity index (χ1v) is 14.2. The molecule has 4 rings (SSSR count). The Kier molecular flexibility index (Phi) is 7.27. The van der Waals surface area contributed by atoms with Crippen molar-refractivity contribution in [2.45, 2.75) is 56.9 Å². The summed E-state index contributed by atoms with van der Waals surface area (Å²) < 4.78 is 24.5. The monoisotopic (exact) mass is 499 g/mol. The number of hydrogen-bond donors (Lipinski definition) is 1. The predicted octanol–water partition coefficient (Wildman–Crippen LogP) is 6.23. The molecule has 0 bridgehead atoms. The molecular weight excluding hydrogens is 470 g/mol. The maximum Gasteiger partial charge on any atom is 0.231 e. The van der Waals surface area contributed by atoms with Crippen molar-refractivity contribution in [2.24, 2.45) is 10.2 Å². The van der Waals surface area contributed by atoms with Gasteiger partial charge in [-0.1, -0.05) is 36.7 Å². The summed E-state index contributed by atoms with van der Waals surface area (Å²) in [5.41, 5.74) is 2.80. The number of fused-ring (bicyclic) bond motifs is 1. The lowest BCUT2D eigenvalue weighted by molar-refractivity contribution is -0.114. The highest BCUT2D eigenvalue weighted by Crippen LogP contribution is 2.41. The maximum atomic E-state index is 11.9. The minimum Gasteiger partial charge on any atom is -0.367 e. The Morgan fingerprint density at radius 2 is 1.94 bits per heavy atom. The fourth-order valence-corrected chi connectivity index (χ4v) is 5.98. The number of benzene rings is 2. The molecule has 2 aromatic carbocycles. The van der Waals surface area contributed by atoms with E-state index >= 15 is 0 Å². The Labute approximate surface area is 204 Å². The Balaban J connectivity index is 1.74. The molecule has 0 radical (unpaired) electrons. The number of aromatic nitrogens is 1. The van der Waals surface area contributed by atoms with Crippen molar-refractivity contribution in [3.05, 3.63) is 36.4 Å². The lowest BCUT2D eigenvalue weighted by atomic mass is 9.93. The molecule has 0 aliphatic heterocycles. The van der Waals surface area contributed by atoms with Gasteiger partial charge in [-0.25, -0.2) is 13.4 Å². The molecule has 0 spiro atoms. The van der Waals surface area contributed by atoms with Crippen LogP contribution in [0.15, 0.2) is 51.5 Å². The third-order valence-corrected chi connectivity index (χ3v) is 8.02. The van der Waals surface area contributed by atoms with Crippen LogP contribution in [0.4, 0.5) is 22.2 Å². The molecule has 1 aromatic heterocycles. The van der Waals surface area contributed by atoms with Gasteiger partial charge in [0.2, 0.25) is 11.0 Å². The van der Waals surface area contributed by atoms with E-state index in [9.17, 15) is 13.2 Å². The molecule has 1 fully saturated rings. The number of sulfone groups is 1. The number of nitrogens with zero attached hydrogens (tertiary/aromatic N) is 4. The molecular formula is C24H29N5O3S2. The summed E-state index contributed by atoms with van der Waals surface area (Å²) in [4.78, 5) is 19.0. The van der Waals surface area contributed by atoms with Gasteiger partial charge >= 0.3 is 0 Å². The van der Waals surface area contributed by atoms with Gasteiger partial charge in [0.25, 0.3) is 0 Å². The zero-order valence-corrected chi connectivity index (χ0v) is 21.2. The van der Waals surface area contributed by atoms with Gasteiger partial charge in [-0.05, 0) is 50.1 Å². The smallest absolute Gasteiger partial charge is 0.231 e. The zero-order valence-electron chi connectivity index (χ0n) is 19.6. The van der Waals surface area contributed by atoms with E-state index in [1.807, 2.05) is 18.2 Å². The van der Waals surface area contributed by atoms with E-state index in [2.05, 4.69) is 32.4 Å². The van der Waals surface area contributed by atoms with Crippen molar-refractivity contribution in [3.8, 4) is 0 Å². The molecule has 10 heteroatoms. The summed E-state index contributed by atoms with van der Waals surface area (Å²) in [6.45, 7) is 4.43. The Hall–Kier alpha value is -2.85. The van der Waals surface area contributed by atoms with Crippen LogP contribution in [0.2, 0.25) is 0 Å². The second kappa shape index (κ2) is 10.2. The summed E-state index contributed by atoms with van der Waals surface area (Å²) in [5.74, 6) is -0.178. The zero-order chi connectivity index (χ0) is 24.3. The first-order chi connectivity index (χ1) is 16.3. The standard InChI is InChI=1S/C24H29N5O3S2/c1-4-29(17-9-6-5-7-10-17)21-12-8-11-20(25-16(2)30)23(21)27-28-24-26-19-14-13-18(34(3,31)32)15-22(19)33-24/h8,11-15,17H,4-7,9-10H2,1-3H3,(H,25,30). The molecule has 0 atom stereocenters. The first-order valence-electron chi connectivity index (χ1n) is 11.5. The van der Waals surface area contributed by atoms with Crippen LogP contribution in [0.3, 0.4) is 0 Å². The Morgan fingerprint density at radius 1 is 1.18 bits per heavy atom. The van der Waals surface area contributed by atoms with Crippen LogP contribution in [0.5, 0.6) is 0 Å². The SMILES string of the molecule is CCN(c1cccc(NC(C)=O)c1N=Nc1nc2ccc(S(C)(=O)=O)cc2s1)C1CCCCC1. The number of carbonyl (C=O) groups is 1. The summed E-state index contributed by atoms with van der Waals surface area (Å²) >= 11 is 1.28. The van der Waals surface area contributed by atoms with E-state index in [-0.39, 0.29) is 10.8 Å². The number of hydrogen-bond acceptors (Lipinski definition) is 8. The van der Waals surface area contributed by atoms with Gasteiger partial charge in [-0.15, -0.1) is 10.2 Å². The summed E-state index contributed by atoms with van der Waals surface area (Å²) in [6.07, 6.45) is 7.15. The lowest BCUT2D eigenvalue weighted by Gasteiger charge is -2.36. The van der Waals surface area contributed by atoms with Crippen LogP contribution in [0.25, 0.3) is 10.2 Å². The van der Waals surface area contributed by atoms with Gasteiger partial charge in [0.1, 0.15) is 5.69 Å². The van der Waals surface area contributed by atoms with E-state index in [0.717, 1.165) is 29.8 Å². The minimum absolute atomic E-state index is 0.178.